The molecule has 0 saturated heterocycles. The Morgan fingerprint density at radius 2 is 1.60 bits per heavy atom. The zero-order valence-electron chi connectivity index (χ0n) is 13.6. The fourth-order valence-electron chi connectivity index (χ4n) is 2.35. The number of amides is 1. The molecule has 0 spiro atoms. The van der Waals surface area contributed by atoms with Gasteiger partial charge in [0.05, 0.1) is 12.7 Å². The predicted octanol–water partition coefficient (Wildman–Crippen LogP) is 5.45. The van der Waals surface area contributed by atoms with Gasteiger partial charge in [-0.05, 0) is 64.5 Å². The van der Waals surface area contributed by atoms with Gasteiger partial charge in [-0.25, -0.2) is 0 Å². The molecule has 4 nitrogen and oxygen atoms in total. The number of halogens is 1. The van der Waals surface area contributed by atoms with E-state index in [4.69, 9.17) is 4.74 Å². The van der Waals surface area contributed by atoms with E-state index in [2.05, 4.69) is 26.6 Å². The number of carbonyl (C=O) groups is 1. The molecule has 0 aliphatic carbocycles. The van der Waals surface area contributed by atoms with Gasteiger partial charge >= 0.3 is 0 Å². The van der Waals surface area contributed by atoms with Crippen LogP contribution in [0.15, 0.2) is 77.3 Å². The number of benzene rings is 3. The van der Waals surface area contributed by atoms with Gasteiger partial charge in [0.1, 0.15) is 5.75 Å². The Balaban J connectivity index is 1.68. The Morgan fingerprint density at radius 1 is 0.880 bits per heavy atom. The second kappa shape index (κ2) is 7.85. The van der Waals surface area contributed by atoms with E-state index in [-0.39, 0.29) is 5.91 Å². The highest BCUT2D eigenvalue weighted by molar-refractivity contribution is 9.10. The summed E-state index contributed by atoms with van der Waals surface area (Å²) in [6.45, 7) is 0. The monoisotopic (exact) mass is 396 g/mol. The van der Waals surface area contributed by atoms with Crippen LogP contribution in [0.4, 0.5) is 17.1 Å². The van der Waals surface area contributed by atoms with Gasteiger partial charge in [0, 0.05) is 27.6 Å². The van der Waals surface area contributed by atoms with E-state index in [0.717, 1.165) is 27.3 Å². The third-order valence-electron chi connectivity index (χ3n) is 3.62. The lowest BCUT2D eigenvalue weighted by Gasteiger charge is -2.10. The zero-order valence-corrected chi connectivity index (χ0v) is 15.2. The number of nitrogens with one attached hydrogen (secondary N) is 2. The van der Waals surface area contributed by atoms with Crippen LogP contribution in [0.1, 0.15) is 10.4 Å². The molecule has 3 aromatic rings. The molecular formula is C20H17BrN2O2. The van der Waals surface area contributed by atoms with E-state index in [0.29, 0.717) is 5.56 Å². The normalized spacial score (nSPS) is 10.2. The summed E-state index contributed by atoms with van der Waals surface area (Å²) in [7, 11) is 1.64. The Morgan fingerprint density at radius 3 is 2.32 bits per heavy atom. The van der Waals surface area contributed by atoms with Crippen molar-refractivity contribution in [1.82, 2.24) is 0 Å². The molecule has 0 saturated carbocycles. The molecule has 2 N–H and O–H groups in total. The number of anilines is 3. The number of hydrogen-bond donors (Lipinski definition) is 2. The summed E-state index contributed by atoms with van der Waals surface area (Å²) < 4.78 is 5.98. The predicted molar refractivity (Wildman–Crippen MR) is 105 cm³/mol. The summed E-state index contributed by atoms with van der Waals surface area (Å²) in [5.74, 6) is 0.642. The SMILES string of the molecule is COc1cccc(Nc2ccc(NC(=O)c3ccccc3Br)cc2)c1. The van der Waals surface area contributed by atoms with Crippen molar-refractivity contribution in [2.75, 3.05) is 17.7 Å². The average molecular weight is 397 g/mol. The maximum absolute atomic E-state index is 12.3. The standard InChI is InChI=1S/C20H17BrN2O2/c1-25-17-6-4-5-16(13-17)22-14-9-11-15(12-10-14)23-20(24)18-7-2-3-8-19(18)21/h2-13,22H,1H3,(H,23,24). The van der Waals surface area contributed by atoms with E-state index >= 15 is 0 Å². The molecule has 0 aromatic heterocycles. The summed E-state index contributed by atoms with van der Waals surface area (Å²) in [6.07, 6.45) is 0. The topological polar surface area (TPSA) is 50.4 Å². The van der Waals surface area contributed by atoms with E-state index in [1.807, 2.05) is 66.7 Å². The largest absolute Gasteiger partial charge is 0.497 e. The summed E-state index contributed by atoms with van der Waals surface area (Å²) in [5.41, 5.74) is 3.19. The summed E-state index contributed by atoms with van der Waals surface area (Å²) in [5, 5.41) is 6.19. The fraction of sp³-hybridized carbons (Fsp3) is 0.0500. The quantitative estimate of drug-likeness (QED) is 0.602. The third kappa shape index (κ3) is 4.39. The highest BCUT2D eigenvalue weighted by Gasteiger charge is 2.09. The molecule has 3 aromatic carbocycles. The summed E-state index contributed by atoms with van der Waals surface area (Å²) >= 11 is 3.39. The smallest absolute Gasteiger partial charge is 0.256 e. The number of hydrogen-bond acceptors (Lipinski definition) is 3. The molecule has 25 heavy (non-hydrogen) atoms. The van der Waals surface area contributed by atoms with Crippen molar-refractivity contribution in [1.29, 1.82) is 0 Å². The number of rotatable bonds is 5. The molecule has 5 heteroatoms. The van der Waals surface area contributed by atoms with Crippen molar-refractivity contribution >= 4 is 38.9 Å². The minimum atomic E-state index is -0.152. The van der Waals surface area contributed by atoms with Crippen molar-refractivity contribution < 1.29 is 9.53 Å². The molecule has 0 bridgehead atoms. The first-order valence-corrected chi connectivity index (χ1v) is 8.52. The first-order chi connectivity index (χ1) is 12.2. The van der Waals surface area contributed by atoms with Crippen LogP contribution in [0.5, 0.6) is 5.75 Å². The Labute approximate surface area is 155 Å². The number of carbonyl (C=O) groups excluding carboxylic acids is 1. The second-order valence-electron chi connectivity index (χ2n) is 5.37. The molecule has 0 atom stereocenters. The highest BCUT2D eigenvalue weighted by atomic mass is 79.9. The van der Waals surface area contributed by atoms with Crippen LogP contribution in [0.2, 0.25) is 0 Å². The van der Waals surface area contributed by atoms with E-state index < -0.39 is 0 Å². The second-order valence-corrected chi connectivity index (χ2v) is 6.22. The fourth-order valence-corrected chi connectivity index (χ4v) is 2.81. The summed E-state index contributed by atoms with van der Waals surface area (Å²) in [6, 6.07) is 22.6. The lowest BCUT2D eigenvalue weighted by molar-refractivity contribution is 0.102. The highest BCUT2D eigenvalue weighted by Crippen LogP contribution is 2.23. The lowest BCUT2D eigenvalue weighted by atomic mass is 10.2. The van der Waals surface area contributed by atoms with Gasteiger partial charge in [-0.1, -0.05) is 18.2 Å². The number of methoxy groups -OCH3 is 1. The van der Waals surface area contributed by atoms with Gasteiger partial charge in [-0.15, -0.1) is 0 Å². The van der Waals surface area contributed by atoms with Crippen molar-refractivity contribution in [3.05, 3.63) is 82.8 Å². The first-order valence-electron chi connectivity index (χ1n) is 7.73. The van der Waals surface area contributed by atoms with Crippen LogP contribution in [-0.2, 0) is 0 Å². The summed E-state index contributed by atoms with van der Waals surface area (Å²) in [4.78, 5) is 12.3. The van der Waals surface area contributed by atoms with Crippen molar-refractivity contribution in [2.45, 2.75) is 0 Å². The maximum atomic E-state index is 12.3. The molecule has 0 aliphatic heterocycles. The van der Waals surface area contributed by atoms with Gasteiger partial charge in [0.25, 0.3) is 5.91 Å². The van der Waals surface area contributed by atoms with Gasteiger partial charge in [-0.3, -0.25) is 4.79 Å². The Kier molecular flexibility index (Phi) is 5.36. The Bertz CT molecular complexity index is 879. The minimum absolute atomic E-state index is 0.152. The van der Waals surface area contributed by atoms with Crippen LogP contribution < -0.4 is 15.4 Å². The van der Waals surface area contributed by atoms with E-state index in [1.54, 1.807) is 13.2 Å². The van der Waals surface area contributed by atoms with Gasteiger partial charge < -0.3 is 15.4 Å². The van der Waals surface area contributed by atoms with Gasteiger partial charge in [0.2, 0.25) is 0 Å². The van der Waals surface area contributed by atoms with Crippen molar-refractivity contribution in [2.24, 2.45) is 0 Å². The van der Waals surface area contributed by atoms with Crippen molar-refractivity contribution in [3.8, 4) is 5.75 Å². The van der Waals surface area contributed by atoms with Crippen LogP contribution in [-0.4, -0.2) is 13.0 Å². The van der Waals surface area contributed by atoms with Gasteiger partial charge in [0.15, 0.2) is 0 Å². The number of ether oxygens (including phenoxy) is 1. The molecule has 1 amide bonds. The molecular weight excluding hydrogens is 380 g/mol. The van der Waals surface area contributed by atoms with Gasteiger partial charge in [-0.2, -0.15) is 0 Å². The van der Waals surface area contributed by atoms with Crippen LogP contribution >= 0.6 is 15.9 Å². The minimum Gasteiger partial charge on any atom is -0.497 e. The van der Waals surface area contributed by atoms with E-state index in [1.165, 1.54) is 0 Å². The molecule has 3 rings (SSSR count). The Hall–Kier alpha value is -2.79. The molecule has 0 unspecified atom stereocenters. The van der Waals surface area contributed by atoms with Crippen molar-refractivity contribution in [3.63, 3.8) is 0 Å². The van der Waals surface area contributed by atoms with Crippen LogP contribution in [0.25, 0.3) is 0 Å². The maximum Gasteiger partial charge on any atom is 0.256 e. The molecule has 0 radical (unpaired) electrons. The lowest BCUT2D eigenvalue weighted by Crippen LogP contribution is -2.12. The zero-order chi connectivity index (χ0) is 17.6. The first kappa shape index (κ1) is 17.0. The molecule has 0 heterocycles. The molecule has 126 valence electrons. The van der Waals surface area contributed by atoms with Crippen LogP contribution in [0.3, 0.4) is 0 Å². The third-order valence-corrected chi connectivity index (χ3v) is 4.31. The van der Waals surface area contributed by atoms with Crippen LogP contribution in [0, 0.1) is 0 Å². The molecule has 0 aliphatic rings. The average Bonchev–Trinajstić information content (AvgIpc) is 2.64. The molecule has 0 fully saturated rings. The van der Waals surface area contributed by atoms with E-state index in [9.17, 15) is 4.79 Å².